The number of nitrogens with zero attached hydrogens (tertiary/aromatic N) is 2. The van der Waals surface area contributed by atoms with Gasteiger partial charge in [-0.25, -0.2) is 0 Å². The van der Waals surface area contributed by atoms with Crippen molar-refractivity contribution in [3.8, 4) is 0 Å². The minimum atomic E-state index is 0.701. The quantitative estimate of drug-likeness (QED) is 0.834. The molecule has 18 heavy (non-hydrogen) atoms. The summed E-state index contributed by atoms with van der Waals surface area (Å²) in [6.07, 6.45) is 1.21. The highest BCUT2D eigenvalue weighted by molar-refractivity contribution is 5.88. The molecule has 0 aliphatic carbocycles. The molecule has 0 saturated heterocycles. The van der Waals surface area contributed by atoms with Crippen LogP contribution < -0.4 is 10.2 Å². The zero-order valence-corrected chi connectivity index (χ0v) is 11.4. The summed E-state index contributed by atoms with van der Waals surface area (Å²) < 4.78 is 0. The number of hydrogen-bond donors (Lipinski definition) is 1. The highest BCUT2D eigenvalue weighted by Crippen LogP contribution is 2.16. The van der Waals surface area contributed by atoms with Gasteiger partial charge in [0.2, 0.25) is 0 Å². The lowest BCUT2D eigenvalue weighted by atomic mass is 10.1. The Morgan fingerprint density at radius 3 is 2.72 bits per heavy atom. The predicted octanol–water partition coefficient (Wildman–Crippen LogP) is 2.54. The second-order valence-electron chi connectivity index (χ2n) is 4.98. The van der Waals surface area contributed by atoms with Crippen molar-refractivity contribution in [2.45, 2.75) is 20.3 Å². The number of aliphatic imine (C=N–C) groups is 1. The third-order valence-electron chi connectivity index (χ3n) is 3.43. The molecule has 0 spiro atoms. The molecule has 3 nitrogen and oxygen atoms in total. The van der Waals surface area contributed by atoms with Crippen LogP contribution in [-0.4, -0.2) is 32.0 Å². The second-order valence-corrected chi connectivity index (χ2v) is 4.98. The normalized spacial score (nSPS) is 16.0. The molecule has 0 radical (unpaired) electrons. The van der Waals surface area contributed by atoms with Gasteiger partial charge in [-0.15, -0.1) is 0 Å². The Kier molecular flexibility index (Phi) is 4.62. The molecule has 0 bridgehead atoms. The topological polar surface area (TPSA) is 27.6 Å². The summed E-state index contributed by atoms with van der Waals surface area (Å²) in [5, 5.41) is 3.36. The highest BCUT2D eigenvalue weighted by Gasteiger charge is 2.14. The average molecular weight is 245 g/mol. The summed E-state index contributed by atoms with van der Waals surface area (Å²) >= 11 is 0. The third-order valence-corrected chi connectivity index (χ3v) is 3.43. The van der Waals surface area contributed by atoms with Crippen molar-refractivity contribution in [3.63, 3.8) is 0 Å². The molecule has 1 aromatic carbocycles. The highest BCUT2D eigenvalue weighted by atomic mass is 15.2. The number of rotatable bonds is 6. The number of para-hydroxylation sites is 1. The first kappa shape index (κ1) is 12.9. The zero-order valence-electron chi connectivity index (χ0n) is 11.4. The number of nitrogens with one attached hydrogen (secondary N) is 1. The molecule has 1 aliphatic heterocycles. The van der Waals surface area contributed by atoms with Crippen molar-refractivity contribution < 1.29 is 0 Å². The van der Waals surface area contributed by atoms with Crippen LogP contribution in [0.15, 0.2) is 35.3 Å². The monoisotopic (exact) mass is 245 g/mol. The smallest absolute Gasteiger partial charge is 0.116 e. The van der Waals surface area contributed by atoms with Crippen molar-refractivity contribution in [1.29, 1.82) is 0 Å². The molecular weight excluding hydrogens is 222 g/mol. The molecule has 1 atom stereocenters. The van der Waals surface area contributed by atoms with Crippen LogP contribution in [0.5, 0.6) is 0 Å². The predicted molar refractivity (Wildman–Crippen MR) is 78.4 cm³/mol. The van der Waals surface area contributed by atoms with E-state index in [2.05, 4.69) is 59.4 Å². The molecular formula is C15H23N3. The molecule has 1 aliphatic rings. The SMILES string of the molecule is CCC(C)CN(CC1=NCCN1)c1ccccc1. The minimum absolute atomic E-state index is 0.701. The molecule has 1 heterocycles. The summed E-state index contributed by atoms with van der Waals surface area (Å²) in [4.78, 5) is 6.92. The Balaban J connectivity index is 2.07. The van der Waals surface area contributed by atoms with Crippen LogP contribution in [0, 0.1) is 5.92 Å². The molecule has 0 amide bonds. The average Bonchev–Trinajstić information content (AvgIpc) is 2.92. The minimum Gasteiger partial charge on any atom is -0.370 e. The standard InChI is InChI=1S/C15H23N3/c1-3-13(2)11-18(12-15-16-9-10-17-15)14-7-5-4-6-8-14/h4-8,13H,3,9-12H2,1-2H3,(H,16,17). The first-order valence-electron chi connectivity index (χ1n) is 6.86. The van der Waals surface area contributed by atoms with Gasteiger partial charge in [0.1, 0.15) is 5.84 Å². The summed E-state index contributed by atoms with van der Waals surface area (Å²) in [7, 11) is 0. The summed E-state index contributed by atoms with van der Waals surface area (Å²) in [6.45, 7) is 8.44. The molecule has 1 aromatic rings. The van der Waals surface area contributed by atoms with Gasteiger partial charge >= 0.3 is 0 Å². The van der Waals surface area contributed by atoms with E-state index in [1.54, 1.807) is 0 Å². The lowest BCUT2D eigenvalue weighted by molar-refractivity contribution is 0.554. The Morgan fingerprint density at radius 2 is 2.11 bits per heavy atom. The van der Waals surface area contributed by atoms with Gasteiger partial charge in [0, 0.05) is 18.8 Å². The van der Waals surface area contributed by atoms with Gasteiger partial charge in [-0.1, -0.05) is 38.5 Å². The maximum atomic E-state index is 4.50. The van der Waals surface area contributed by atoms with E-state index in [1.165, 1.54) is 12.1 Å². The molecule has 1 N–H and O–H groups in total. The number of benzene rings is 1. The van der Waals surface area contributed by atoms with Gasteiger partial charge in [-0.2, -0.15) is 0 Å². The van der Waals surface area contributed by atoms with E-state index in [-0.39, 0.29) is 0 Å². The van der Waals surface area contributed by atoms with Gasteiger partial charge in [0.25, 0.3) is 0 Å². The van der Waals surface area contributed by atoms with E-state index >= 15 is 0 Å². The Hall–Kier alpha value is -1.51. The van der Waals surface area contributed by atoms with E-state index < -0.39 is 0 Å². The molecule has 98 valence electrons. The maximum absolute atomic E-state index is 4.50. The van der Waals surface area contributed by atoms with Crippen LogP contribution in [-0.2, 0) is 0 Å². The van der Waals surface area contributed by atoms with E-state index in [0.717, 1.165) is 32.0 Å². The van der Waals surface area contributed by atoms with Crippen LogP contribution in [0.1, 0.15) is 20.3 Å². The van der Waals surface area contributed by atoms with Crippen molar-refractivity contribution in [2.24, 2.45) is 10.9 Å². The molecule has 0 aromatic heterocycles. The fourth-order valence-electron chi connectivity index (χ4n) is 2.14. The maximum Gasteiger partial charge on any atom is 0.116 e. The van der Waals surface area contributed by atoms with E-state index in [9.17, 15) is 0 Å². The Bertz CT molecular complexity index is 386. The fraction of sp³-hybridized carbons (Fsp3) is 0.533. The van der Waals surface area contributed by atoms with Gasteiger partial charge in [-0.05, 0) is 18.1 Å². The summed E-state index contributed by atoms with van der Waals surface area (Å²) in [5.41, 5.74) is 1.29. The van der Waals surface area contributed by atoms with E-state index in [4.69, 9.17) is 0 Å². The zero-order chi connectivity index (χ0) is 12.8. The van der Waals surface area contributed by atoms with Crippen LogP contribution in [0.2, 0.25) is 0 Å². The lowest BCUT2D eigenvalue weighted by Crippen LogP contribution is -2.37. The van der Waals surface area contributed by atoms with Crippen LogP contribution in [0.4, 0.5) is 5.69 Å². The Morgan fingerprint density at radius 1 is 1.33 bits per heavy atom. The van der Waals surface area contributed by atoms with Gasteiger partial charge in [-0.3, -0.25) is 4.99 Å². The van der Waals surface area contributed by atoms with Crippen molar-refractivity contribution in [1.82, 2.24) is 5.32 Å². The fourth-order valence-corrected chi connectivity index (χ4v) is 2.14. The molecule has 0 saturated carbocycles. The van der Waals surface area contributed by atoms with Crippen LogP contribution in [0.3, 0.4) is 0 Å². The second kappa shape index (κ2) is 6.43. The van der Waals surface area contributed by atoms with Crippen molar-refractivity contribution in [3.05, 3.63) is 30.3 Å². The summed E-state index contributed by atoms with van der Waals surface area (Å²) in [6, 6.07) is 10.6. The first-order valence-corrected chi connectivity index (χ1v) is 6.86. The number of hydrogen-bond acceptors (Lipinski definition) is 3. The first-order chi connectivity index (χ1) is 8.79. The van der Waals surface area contributed by atoms with Gasteiger partial charge < -0.3 is 10.2 Å². The number of anilines is 1. The molecule has 2 rings (SSSR count). The van der Waals surface area contributed by atoms with Gasteiger partial charge in [0.15, 0.2) is 0 Å². The van der Waals surface area contributed by atoms with Crippen LogP contribution in [0.25, 0.3) is 0 Å². The number of amidine groups is 1. The third kappa shape index (κ3) is 3.49. The van der Waals surface area contributed by atoms with Crippen molar-refractivity contribution >= 4 is 11.5 Å². The van der Waals surface area contributed by atoms with Gasteiger partial charge in [0.05, 0.1) is 13.1 Å². The largest absolute Gasteiger partial charge is 0.370 e. The van der Waals surface area contributed by atoms with E-state index in [0.29, 0.717) is 5.92 Å². The molecule has 1 unspecified atom stereocenters. The van der Waals surface area contributed by atoms with E-state index in [1.807, 2.05) is 0 Å². The lowest BCUT2D eigenvalue weighted by Gasteiger charge is -2.27. The van der Waals surface area contributed by atoms with Crippen LogP contribution >= 0.6 is 0 Å². The molecule has 0 fully saturated rings. The Labute approximate surface area is 110 Å². The van der Waals surface area contributed by atoms with Crippen molar-refractivity contribution in [2.75, 3.05) is 31.1 Å². The summed E-state index contributed by atoms with van der Waals surface area (Å²) in [5.74, 6) is 1.83. The molecule has 3 heteroatoms.